The highest BCUT2D eigenvalue weighted by Crippen LogP contribution is 2.45. The van der Waals surface area contributed by atoms with Crippen molar-refractivity contribution in [1.29, 1.82) is 5.41 Å². The molecule has 0 unspecified atom stereocenters. The fraction of sp³-hybridized carbons (Fsp3) is 0.125. The topological polar surface area (TPSA) is 39.6 Å². The van der Waals surface area contributed by atoms with E-state index in [-0.39, 0.29) is 0 Å². The number of allylic oxidation sites excluding steroid dienone is 4. The summed E-state index contributed by atoms with van der Waals surface area (Å²) in [6.07, 6.45) is 16.8. The molecule has 0 saturated heterocycles. The Bertz CT molecular complexity index is 1920. The minimum Gasteiger partial charge on any atom is -0.360 e. The molecule has 0 bridgehead atoms. The minimum absolute atomic E-state index is 0.492. The van der Waals surface area contributed by atoms with Gasteiger partial charge in [0.05, 0.1) is 11.4 Å². The quantitative estimate of drug-likeness (QED) is 0.191. The molecule has 2 heteroatoms. The standard InChI is InChI=1S/C40H36N2/c1-5-11-31-24-32(21-16-28(31)6-2)40-35-14-9-7-12-33(35)39(34-13-8-10-15-36(34)40)30-19-17-29(18-20-30)27(4)23-37(41)38-22-26(3)25-42-38/h5-7,9-12,14-25,41-42H,2,8,13H2,1,3-4H3/b11-5-,27-23+,41-37?. The van der Waals surface area contributed by atoms with E-state index in [1.165, 1.54) is 49.7 Å². The number of rotatable bonds is 7. The van der Waals surface area contributed by atoms with Crippen molar-refractivity contribution in [2.24, 2.45) is 0 Å². The predicted molar refractivity (Wildman–Crippen MR) is 183 cm³/mol. The summed E-state index contributed by atoms with van der Waals surface area (Å²) in [6.45, 7) is 10.2. The van der Waals surface area contributed by atoms with E-state index in [1.54, 1.807) is 0 Å². The van der Waals surface area contributed by atoms with Crippen LogP contribution in [0.4, 0.5) is 0 Å². The van der Waals surface area contributed by atoms with E-state index in [2.05, 4.69) is 116 Å². The first-order valence-electron chi connectivity index (χ1n) is 14.6. The van der Waals surface area contributed by atoms with E-state index in [0.29, 0.717) is 5.71 Å². The largest absolute Gasteiger partial charge is 0.360 e. The lowest BCUT2D eigenvalue weighted by molar-refractivity contribution is 0.991. The number of hydrogen-bond acceptors (Lipinski definition) is 1. The monoisotopic (exact) mass is 544 g/mol. The molecule has 0 spiro atoms. The van der Waals surface area contributed by atoms with Crippen molar-refractivity contribution in [2.45, 2.75) is 33.6 Å². The van der Waals surface area contributed by atoms with Crippen LogP contribution in [0.2, 0.25) is 0 Å². The van der Waals surface area contributed by atoms with Crippen molar-refractivity contribution in [3.8, 4) is 22.3 Å². The molecular formula is C40H36N2. The van der Waals surface area contributed by atoms with Crippen molar-refractivity contribution >= 4 is 40.3 Å². The van der Waals surface area contributed by atoms with E-state index >= 15 is 0 Å². The van der Waals surface area contributed by atoms with Crippen LogP contribution in [0.3, 0.4) is 0 Å². The molecule has 42 heavy (non-hydrogen) atoms. The Morgan fingerprint density at radius 2 is 1.64 bits per heavy atom. The third kappa shape index (κ3) is 5.01. The van der Waals surface area contributed by atoms with Crippen molar-refractivity contribution in [1.82, 2.24) is 4.98 Å². The van der Waals surface area contributed by atoms with Crippen LogP contribution >= 0.6 is 0 Å². The molecular weight excluding hydrogens is 508 g/mol. The van der Waals surface area contributed by atoms with Crippen molar-refractivity contribution in [2.75, 3.05) is 0 Å². The average molecular weight is 545 g/mol. The second-order valence-corrected chi connectivity index (χ2v) is 11.1. The lowest BCUT2D eigenvalue weighted by Gasteiger charge is -2.24. The van der Waals surface area contributed by atoms with E-state index in [4.69, 9.17) is 5.41 Å². The fourth-order valence-corrected chi connectivity index (χ4v) is 6.20. The van der Waals surface area contributed by atoms with Crippen LogP contribution in [0.5, 0.6) is 0 Å². The van der Waals surface area contributed by atoms with Crippen LogP contribution in [0.25, 0.3) is 56.8 Å². The number of aromatic amines is 1. The summed E-state index contributed by atoms with van der Waals surface area (Å²) in [5, 5.41) is 11.1. The molecule has 1 aliphatic carbocycles. The van der Waals surface area contributed by atoms with E-state index < -0.39 is 0 Å². The SMILES string of the molecule is C=Cc1ccc(-c2c3c(c(-c4ccc(/C(C)=C/C(=N)c5cc(C)c[nH]5)cc4)c4ccccc24)CCC=C3)cc1/C=C\C. The normalized spacial score (nSPS) is 13.1. The van der Waals surface area contributed by atoms with Crippen molar-refractivity contribution in [3.63, 3.8) is 0 Å². The second-order valence-electron chi connectivity index (χ2n) is 11.1. The van der Waals surface area contributed by atoms with Crippen LogP contribution in [-0.4, -0.2) is 10.7 Å². The maximum atomic E-state index is 8.52. The Hall–Kier alpha value is -4.95. The van der Waals surface area contributed by atoms with Crippen molar-refractivity contribution < 1.29 is 0 Å². The third-order valence-electron chi connectivity index (χ3n) is 8.26. The summed E-state index contributed by atoms with van der Waals surface area (Å²) in [5.41, 5.74) is 14.8. The smallest absolute Gasteiger partial charge is 0.0777 e. The van der Waals surface area contributed by atoms with E-state index in [0.717, 1.165) is 40.8 Å². The number of hydrogen-bond donors (Lipinski definition) is 2. The number of benzene rings is 4. The molecule has 0 amide bonds. The van der Waals surface area contributed by atoms with Gasteiger partial charge in [-0.1, -0.05) is 97.6 Å². The van der Waals surface area contributed by atoms with Gasteiger partial charge in [-0.25, -0.2) is 0 Å². The molecule has 6 rings (SSSR count). The second kappa shape index (κ2) is 11.5. The molecule has 0 radical (unpaired) electrons. The zero-order valence-electron chi connectivity index (χ0n) is 24.6. The first-order chi connectivity index (χ1) is 20.5. The zero-order chi connectivity index (χ0) is 29.2. The van der Waals surface area contributed by atoms with E-state index in [9.17, 15) is 0 Å². The van der Waals surface area contributed by atoms with Gasteiger partial charge >= 0.3 is 0 Å². The maximum absolute atomic E-state index is 8.52. The molecule has 0 aliphatic heterocycles. The molecule has 2 nitrogen and oxygen atoms in total. The maximum Gasteiger partial charge on any atom is 0.0777 e. The van der Waals surface area contributed by atoms with E-state index in [1.807, 2.05) is 31.3 Å². The number of fused-ring (bicyclic) bond motifs is 2. The first-order valence-corrected chi connectivity index (χ1v) is 14.6. The van der Waals surface area contributed by atoms with Gasteiger partial charge in [0.1, 0.15) is 0 Å². The Morgan fingerprint density at radius 1 is 0.905 bits per heavy atom. The van der Waals surface area contributed by atoms with Crippen LogP contribution < -0.4 is 0 Å². The van der Waals surface area contributed by atoms with Crippen LogP contribution in [-0.2, 0) is 6.42 Å². The predicted octanol–water partition coefficient (Wildman–Crippen LogP) is 10.9. The van der Waals surface area contributed by atoms with Gasteiger partial charge in [0.25, 0.3) is 0 Å². The molecule has 1 aliphatic rings. The lowest BCUT2D eigenvalue weighted by atomic mass is 9.80. The first kappa shape index (κ1) is 27.2. The highest BCUT2D eigenvalue weighted by atomic mass is 14.7. The Labute approximate surface area is 249 Å². The Kier molecular flexibility index (Phi) is 7.46. The molecule has 5 aromatic rings. The average Bonchev–Trinajstić information content (AvgIpc) is 3.46. The summed E-state index contributed by atoms with van der Waals surface area (Å²) in [7, 11) is 0. The number of aryl methyl sites for hydroxylation is 1. The van der Waals surface area contributed by atoms with Crippen molar-refractivity contribution in [3.05, 3.63) is 143 Å². The molecule has 206 valence electrons. The Morgan fingerprint density at radius 3 is 2.33 bits per heavy atom. The molecule has 2 N–H and O–H groups in total. The zero-order valence-corrected chi connectivity index (χ0v) is 24.6. The number of H-pyrrole nitrogens is 1. The highest BCUT2D eigenvalue weighted by Gasteiger charge is 2.21. The molecule has 1 aromatic heterocycles. The highest BCUT2D eigenvalue weighted by molar-refractivity contribution is 6.11. The molecule has 1 heterocycles. The Balaban J connectivity index is 1.48. The molecule has 4 aromatic carbocycles. The van der Waals surface area contributed by atoms with Gasteiger partial charge in [-0.15, -0.1) is 0 Å². The number of aromatic nitrogens is 1. The molecule has 0 atom stereocenters. The minimum atomic E-state index is 0.492. The lowest BCUT2D eigenvalue weighted by Crippen LogP contribution is -2.03. The fourth-order valence-electron chi connectivity index (χ4n) is 6.20. The summed E-state index contributed by atoms with van der Waals surface area (Å²) in [4.78, 5) is 3.19. The molecule has 0 saturated carbocycles. The van der Waals surface area contributed by atoms with Gasteiger partial charge in [0.2, 0.25) is 0 Å². The van der Waals surface area contributed by atoms with Gasteiger partial charge in [-0.3, -0.25) is 5.41 Å². The molecule has 0 fully saturated rings. The summed E-state index contributed by atoms with van der Waals surface area (Å²) < 4.78 is 0. The van der Waals surface area contributed by atoms with Gasteiger partial charge in [0, 0.05) is 6.20 Å². The van der Waals surface area contributed by atoms with Gasteiger partial charge in [-0.05, 0) is 124 Å². The van der Waals surface area contributed by atoms with Gasteiger partial charge in [0.15, 0.2) is 0 Å². The van der Waals surface area contributed by atoms with Crippen LogP contribution in [0, 0.1) is 12.3 Å². The van der Waals surface area contributed by atoms with Gasteiger partial charge < -0.3 is 4.98 Å². The third-order valence-corrected chi connectivity index (χ3v) is 8.26. The van der Waals surface area contributed by atoms with Gasteiger partial charge in [-0.2, -0.15) is 0 Å². The summed E-state index contributed by atoms with van der Waals surface area (Å²) in [6, 6.07) is 26.5. The van der Waals surface area contributed by atoms with Crippen LogP contribution in [0.1, 0.15) is 59.3 Å². The summed E-state index contributed by atoms with van der Waals surface area (Å²) >= 11 is 0. The number of nitrogens with one attached hydrogen (secondary N) is 2. The summed E-state index contributed by atoms with van der Waals surface area (Å²) in [5.74, 6) is 0. The van der Waals surface area contributed by atoms with Crippen LogP contribution in [0.15, 0.2) is 104 Å².